The second kappa shape index (κ2) is 13.9. The van der Waals surface area contributed by atoms with E-state index in [9.17, 15) is 0 Å². The monoisotopic (exact) mass is 519 g/mol. The van der Waals surface area contributed by atoms with E-state index in [2.05, 4.69) is 51.9 Å². The Morgan fingerprint density at radius 1 is 1.21 bits per heavy atom. The number of thiazole rings is 1. The molecule has 0 saturated carbocycles. The van der Waals surface area contributed by atoms with Crippen LogP contribution in [-0.4, -0.2) is 29.2 Å². The van der Waals surface area contributed by atoms with Crippen molar-refractivity contribution < 1.29 is 4.52 Å². The number of unbranched alkanes of at least 4 members (excludes halogenated alkanes) is 1. The largest absolute Gasteiger partial charge is 0.359 e. The van der Waals surface area contributed by atoms with Gasteiger partial charge in [-0.15, -0.1) is 35.3 Å². The topological polar surface area (TPSA) is 75.3 Å². The number of aryl methyl sites for hydroxylation is 2. The lowest BCUT2D eigenvalue weighted by molar-refractivity contribution is 0.372. The lowest BCUT2D eigenvalue weighted by Crippen LogP contribution is -2.37. The highest BCUT2D eigenvalue weighted by Gasteiger charge is 2.12. The summed E-state index contributed by atoms with van der Waals surface area (Å²) in [5.74, 6) is 2.11. The minimum absolute atomic E-state index is 0. The van der Waals surface area contributed by atoms with E-state index in [1.807, 2.05) is 13.0 Å². The fraction of sp³-hybridized carbons (Fsp3) is 0.650. The van der Waals surface area contributed by atoms with Crippen molar-refractivity contribution >= 4 is 41.3 Å². The van der Waals surface area contributed by atoms with E-state index in [1.165, 1.54) is 5.01 Å². The van der Waals surface area contributed by atoms with Crippen molar-refractivity contribution in [3.63, 3.8) is 0 Å². The summed E-state index contributed by atoms with van der Waals surface area (Å²) in [4.78, 5) is 9.13. The number of hydrogen-bond acceptors (Lipinski definition) is 5. The number of nitrogens with one attached hydrogen (secondary N) is 2. The summed E-state index contributed by atoms with van der Waals surface area (Å²) in [5, 5.41) is 14.2. The number of aliphatic imine (C=N–C) groups is 1. The molecule has 158 valence electrons. The molecule has 0 saturated heterocycles. The zero-order valence-electron chi connectivity index (χ0n) is 17.5. The van der Waals surface area contributed by atoms with E-state index in [-0.39, 0.29) is 24.0 Å². The number of guanidine groups is 1. The predicted molar refractivity (Wildman–Crippen MR) is 128 cm³/mol. The van der Waals surface area contributed by atoms with Gasteiger partial charge in [0.25, 0.3) is 0 Å². The van der Waals surface area contributed by atoms with Crippen LogP contribution in [0.3, 0.4) is 0 Å². The van der Waals surface area contributed by atoms with Gasteiger partial charge in [0, 0.05) is 36.1 Å². The van der Waals surface area contributed by atoms with Crippen molar-refractivity contribution in [2.75, 3.05) is 13.1 Å². The summed E-state index contributed by atoms with van der Waals surface area (Å²) >= 11 is 1.75. The first-order chi connectivity index (χ1) is 13.2. The third-order valence-corrected chi connectivity index (χ3v) is 5.52. The van der Waals surface area contributed by atoms with Crippen molar-refractivity contribution in [3.8, 4) is 0 Å². The second-order valence-electron chi connectivity index (χ2n) is 6.69. The average Bonchev–Trinajstić information content (AvgIpc) is 3.29. The zero-order chi connectivity index (χ0) is 19.5. The van der Waals surface area contributed by atoms with E-state index in [0.717, 1.165) is 68.3 Å². The van der Waals surface area contributed by atoms with Gasteiger partial charge in [0.1, 0.15) is 6.54 Å². The van der Waals surface area contributed by atoms with Gasteiger partial charge in [-0.05, 0) is 46.0 Å². The number of halogens is 1. The van der Waals surface area contributed by atoms with Crippen LogP contribution in [0, 0.1) is 6.92 Å². The lowest BCUT2D eigenvalue weighted by Gasteiger charge is -2.10. The molecule has 2 heterocycles. The van der Waals surface area contributed by atoms with Gasteiger partial charge in [-0.25, -0.2) is 9.98 Å². The normalized spacial score (nSPS) is 11.5. The van der Waals surface area contributed by atoms with Gasteiger partial charge in [-0.3, -0.25) is 0 Å². The van der Waals surface area contributed by atoms with Crippen LogP contribution < -0.4 is 10.6 Å². The van der Waals surface area contributed by atoms with Crippen molar-refractivity contribution in [1.82, 2.24) is 20.8 Å². The molecule has 0 fully saturated rings. The van der Waals surface area contributed by atoms with Gasteiger partial charge in [0.05, 0.1) is 10.7 Å². The standard InChI is InChI=1S/C20H33N5OS.HI/c1-5-16(6-2)18-12-17(26-25-18)13-23-20(21-7-3)22-11-9-8-10-19-24-15(4)14-27-19;/h12,14,16H,5-11,13H2,1-4H3,(H2,21,22,23);1H. The van der Waals surface area contributed by atoms with Gasteiger partial charge in [-0.1, -0.05) is 19.0 Å². The van der Waals surface area contributed by atoms with E-state index in [0.29, 0.717) is 12.5 Å². The molecule has 0 spiro atoms. The molecule has 0 aromatic carbocycles. The minimum atomic E-state index is 0. The van der Waals surface area contributed by atoms with Crippen LogP contribution >= 0.6 is 35.3 Å². The molecule has 0 radical (unpaired) electrons. The van der Waals surface area contributed by atoms with Gasteiger partial charge >= 0.3 is 0 Å². The lowest BCUT2D eigenvalue weighted by atomic mass is 9.99. The summed E-state index contributed by atoms with van der Waals surface area (Å²) < 4.78 is 5.45. The van der Waals surface area contributed by atoms with Crippen LogP contribution in [0.1, 0.15) is 74.5 Å². The maximum Gasteiger partial charge on any atom is 0.191 e. The summed E-state index contributed by atoms with van der Waals surface area (Å²) in [6, 6.07) is 2.04. The summed E-state index contributed by atoms with van der Waals surface area (Å²) in [7, 11) is 0. The Hall–Kier alpha value is -1.16. The maximum absolute atomic E-state index is 5.45. The minimum Gasteiger partial charge on any atom is -0.359 e. The van der Waals surface area contributed by atoms with Crippen LogP contribution in [0.5, 0.6) is 0 Å². The Labute approximate surface area is 190 Å². The van der Waals surface area contributed by atoms with Crippen molar-refractivity contribution in [2.24, 2.45) is 4.99 Å². The Balaban J connectivity index is 0.00000392. The van der Waals surface area contributed by atoms with Crippen LogP contribution in [-0.2, 0) is 13.0 Å². The molecular weight excluding hydrogens is 485 g/mol. The Morgan fingerprint density at radius 2 is 2.00 bits per heavy atom. The molecule has 2 rings (SSSR count). The number of nitrogens with zero attached hydrogens (tertiary/aromatic N) is 3. The highest BCUT2D eigenvalue weighted by molar-refractivity contribution is 14.0. The first-order valence-electron chi connectivity index (χ1n) is 10.0. The predicted octanol–water partition coefficient (Wildman–Crippen LogP) is 5.04. The van der Waals surface area contributed by atoms with Crippen LogP contribution in [0.15, 0.2) is 21.0 Å². The Bertz CT molecular complexity index is 696. The van der Waals surface area contributed by atoms with E-state index in [1.54, 1.807) is 11.3 Å². The van der Waals surface area contributed by atoms with Crippen molar-refractivity contribution in [1.29, 1.82) is 0 Å². The third-order valence-electron chi connectivity index (χ3n) is 4.49. The molecule has 2 aromatic heterocycles. The number of hydrogen-bond donors (Lipinski definition) is 2. The zero-order valence-corrected chi connectivity index (χ0v) is 20.6. The molecule has 2 aromatic rings. The summed E-state index contributed by atoms with van der Waals surface area (Å²) in [6.45, 7) is 10.7. The Kier molecular flexibility index (Phi) is 12.4. The first-order valence-corrected chi connectivity index (χ1v) is 10.9. The molecule has 0 bridgehead atoms. The SMILES string of the molecule is CCNC(=NCc1cc(C(CC)CC)no1)NCCCCc1nc(C)cs1.I. The molecule has 0 aliphatic rings. The highest BCUT2D eigenvalue weighted by Crippen LogP contribution is 2.22. The molecule has 0 amide bonds. The summed E-state index contributed by atoms with van der Waals surface area (Å²) in [5.41, 5.74) is 2.16. The first kappa shape index (κ1) is 24.9. The molecule has 0 unspecified atom stereocenters. The van der Waals surface area contributed by atoms with Crippen LogP contribution in [0.4, 0.5) is 0 Å². The molecule has 28 heavy (non-hydrogen) atoms. The number of aromatic nitrogens is 2. The summed E-state index contributed by atoms with van der Waals surface area (Å²) in [6.07, 6.45) is 5.42. The molecule has 8 heteroatoms. The Morgan fingerprint density at radius 3 is 2.64 bits per heavy atom. The van der Waals surface area contributed by atoms with Gasteiger partial charge < -0.3 is 15.2 Å². The third kappa shape index (κ3) is 8.46. The quantitative estimate of drug-likeness (QED) is 0.188. The van der Waals surface area contributed by atoms with E-state index >= 15 is 0 Å². The second-order valence-corrected chi connectivity index (χ2v) is 7.64. The van der Waals surface area contributed by atoms with Gasteiger partial charge in [0.2, 0.25) is 0 Å². The van der Waals surface area contributed by atoms with Crippen LogP contribution in [0.25, 0.3) is 0 Å². The van der Waals surface area contributed by atoms with Crippen LogP contribution in [0.2, 0.25) is 0 Å². The van der Waals surface area contributed by atoms with Gasteiger partial charge in [0.15, 0.2) is 11.7 Å². The molecule has 0 aliphatic heterocycles. The van der Waals surface area contributed by atoms with Gasteiger partial charge in [-0.2, -0.15) is 0 Å². The van der Waals surface area contributed by atoms with E-state index < -0.39 is 0 Å². The molecule has 0 atom stereocenters. The average molecular weight is 519 g/mol. The maximum atomic E-state index is 5.45. The molecule has 6 nitrogen and oxygen atoms in total. The molecule has 0 aliphatic carbocycles. The fourth-order valence-corrected chi connectivity index (χ4v) is 3.75. The van der Waals surface area contributed by atoms with Crippen molar-refractivity contribution in [2.45, 2.75) is 72.3 Å². The smallest absolute Gasteiger partial charge is 0.191 e. The fourth-order valence-electron chi connectivity index (χ4n) is 2.93. The van der Waals surface area contributed by atoms with Crippen molar-refractivity contribution in [3.05, 3.63) is 33.6 Å². The highest BCUT2D eigenvalue weighted by atomic mass is 127. The molecule has 2 N–H and O–H groups in total. The number of rotatable bonds is 11. The van der Waals surface area contributed by atoms with E-state index in [4.69, 9.17) is 4.52 Å². The molecular formula is C20H34IN5OS.